The predicted octanol–water partition coefficient (Wildman–Crippen LogP) is 5.22. The minimum Gasteiger partial charge on any atom is -0.496 e. The van der Waals surface area contributed by atoms with Crippen molar-refractivity contribution < 1.29 is 19.1 Å². The summed E-state index contributed by atoms with van der Waals surface area (Å²) in [5.74, 6) is -0.822. The summed E-state index contributed by atoms with van der Waals surface area (Å²) in [6, 6.07) is 17.7. The van der Waals surface area contributed by atoms with E-state index in [4.69, 9.17) is 16.3 Å². The lowest BCUT2D eigenvalue weighted by Gasteiger charge is -2.27. The van der Waals surface area contributed by atoms with Crippen molar-refractivity contribution in [3.05, 3.63) is 99.1 Å². The number of nitrogens with zero attached hydrogens (tertiary/aromatic N) is 1. The van der Waals surface area contributed by atoms with Crippen molar-refractivity contribution in [1.29, 1.82) is 0 Å². The van der Waals surface area contributed by atoms with E-state index in [1.54, 1.807) is 32.2 Å². The van der Waals surface area contributed by atoms with Crippen LogP contribution < -0.4 is 15.0 Å². The van der Waals surface area contributed by atoms with Crippen LogP contribution in [0.2, 0.25) is 5.02 Å². The second-order valence-electron chi connectivity index (χ2n) is 8.09. The molecular formula is C27H23ClN2O4. The Morgan fingerprint density at radius 3 is 2.47 bits per heavy atom. The standard InChI is InChI=1S/C27H23ClN2O4/c1-16-8-9-17(2)23(12-16)30-26(32)21(25(31)29-27(30)33)13-18-10-11-20(24(14-18)34-3)15-19-6-4-5-7-22(19)28/h4-14H,15H2,1-3H3,(H,29,31,33)/b21-13+. The molecule has 0 saturated carbocycles. The molecule has 0 spiro atoms. The third-order valence-corrected chi connectivity index (χ3v) is 6.04. The number of rotatable bonds is 5. The van der Waals surface area contributed by atoms with E-state index < -0.39 is 17.8 Å². The number of carbonyl (C=O) groups is 3. The third kappa shape index (κ3) is 4.58. The van der Waals surface area contributed by atoms with E-state index >= 15 is 0 Å². The van der Waals surface area contributed by atoms with Gasteiger partial charge in [-0.3, -0.25) is 14.9 Å². The molecule has 1 fully saturated rings. The number of aryl methyl sites for hydroxylation is 2. The molecular weight excluding hydrogens is 452 g/mol. The Kier molecular flexibility index (Phi) is 6.52. The Morgan fingerprint density at radius 1 is 0.971 bits per heavy atom. The second kappa shape index (κ2) is 9.53. The fraction of sp³-hybridized carbons (Fsp3) is 0.148. The van der Waals surface area contributed by atoms with Gasteiger partial charge in [0.2, 0.25) is 0 Å². The van der Waals surface area contributed by atoms with Crippen molar-refractivity contribution in [3.63, 3.8) is 0 Å². The van der Waals surface area contributed by atoms with Gasteiger partial charge in [0.25, 0.3) is 11.8 Å². The molecule has 1 N–H and O–H groups in total. The molecule has 7 heteroatoms. The Morgan fingerprint density at radius 2 is 1.74 bits per heavy atom. The molecule has 3 aromatic rings. The zero-order chi connectivity index (χ0) is 24.4. The summed E-state index contributed by atoms with van der Waals surface area (Å²) in [6.45, 7) is 3.67. The summed E-state index contributed by atoms with van der Waals surface area (Å²) in [5.41, 5.74) is 4.39. The van der Waals surface area contributed by atoms with Crippen LogP contribution in [-0.2, 0) is 16.0 Å². The molecule has 6 nitrogen and oxygen atoms in total. The van der Waals surface area contributed by atoms with E-state index in [1.807, 2.05) is 49.4 Å². The minimum absolute atomic E-state index is 0.138. The maximum Gasteiger partial charge on any atom is 0.335 e. The number of hydrogen-bond donors (Lipinski definition) is 1. The van der Waals surface area contributed by atoms with Crippen LogP contribution in [0.4, 0.5) is 10.5 Å². The number of amides is 4. The third-order valence-electron chi connectivity index (χ3n) is 5.67. The van der Waals surface area contributed by atoms with E-state index in [0.717, 1.165) is 27.2 Å². The Labute approximate surface area is 202 Å². The van der Waals surface area contributed by atoms with E-state index in [9.17, 15) is 14.4 Å². The van der Waals surface area contributed by atoms with Crippen LogP contribution in [0.25, 0.3) is 6.08 Å². The van der Waals surface area contributed by atoms with Crippen LogP contribution in [0.15, 0.2) is 66.2 Å². The van der Waals surface area contributed by atoms with E-state index in [-0.39, 0.29) is 5.57 Å². The number of imide groups is 2. The van der Waals surface area contributed by atoms with E-state index in [2.05, 4.69) is 5.32 Å². The summed E-state index contributed by atoms with van der Waals surface area (Å²) < 4.78 is 5.55. The maximum absolute atomic E-state index is 13.2. The van der Waals surface area contributed by atoms with Crippen LogP contribution in [0, 0.1) is 13.8 Å². The zero-order valence-corrected chi connectivity index (χ0v) is 19.8. The number of urea groups is 1. The molecule has 0 atom stereocenters. The highest BCUT2D eigenvalue weighted by atomic mass is 35.5. The number of hydrogen-bond acceptors (Lipinski definition) is 4. The van der Waals surface area contributed by atoms with Crippen LogP contribution in [-0.4, -0.2) is 25.0 Å². The van der Waals surface area contributed by atoms with Crippen molar-refractivity contribution in [2.45, 2.75) is 20.3 Å². The molecule has 0 bridgehead atoms. The summed E-state index contributed by atoms with van der Waals surface area (Å²) in [5, 5.41) is 2.93. The molecule has 4 amide bonds. The number of barbiturate groups is 1. The van der Waals surface area contributed by atoms with Gasteiger partial charge >= 0.3 is 6.03 Å². The van der Waals surface area contributed by atoms with Gasteiger partial charge in [0.1, 0.15) is 11.3 Å². The predicted molar refractivity (Wildman–Crippen MR) is 132 cm³/mol. The van der Waals surface area contributed by atoms with Crippen molar-refractivity contribution in [3.8, 4) is 5.75 Å². The second-order valence-corrected chi connectivity index (χ2v) is 8.49. The van der Waals surface area contributed by atoms with Crippen molar-refractivity contribution >= 4 is 41.2 Å². The Hall–Kier alpha value is -3.90. The molecule has 3 aromatic carbocycles. The quantitative estimate of drug-likeness (QED) is 0.406. The van der Waals surface area contributed by atoms with Gasteiger partial charge in [0, 0.05) is 11.4 Å². The number of methoxy groups -OCH3 is 1. The molecule has 0 radical (unpaired) electrons. The topological polar surface area (TPSA) is 75.7 Å². The van der Waals surface area contributed by atoms with Crippen LogP contribution in [0.1, 0.15) is 27.8 Å². The smallest absolute Gasteiger partial charge is 0.335 e. The van der Waals surface area contributed by atoms with Gasteiger partial charge in [-0.05, 0) is 65.9 Å². The summed E-state index contributed by atoms with van der Waals surface area (Å²) >= 11 is 6.29. The summed E-state index contributed by atoms with van der Waals surface area (Å²) in [4.78, 5) is 39.3. The number of halogens is 1. The van der Waals surface area contributed by atoms with Crippen molar-refractivity contribution in [1.82, 2.24) is 5.32 Å². The highest BCUT2D eigenvalue weighted by molar-refractivity contribution is 6.39. The van der Waals surface area contributed by atoms with Gasteiger partial charge in [-0.2, -0.15) is 0 Å². The lowest BCUT2D eigenvalue weighted by atomic mass is 10.00. The Balaban J connectivity index is 1.69. The van der Waals surface area contributed by atoms with Crippen LogP contribution >= 0.6 is 11.6 Å². The molecule has 1 saturated heterocycles. The number of benzene rings is 3. The number of ether oxygens (including phenoxy) is 1. The van der Waals surface area contributed by atoms with Gasteiger partial charge in [0.15, 0.2) is 0 Å². The van der Waals surface area contributed by atoms with E-state index in [0.29, 0.717) is 28.4 Å². The molecule has 0 aliphatic carbocycles. The molecule has 0 unspecified atom stereocenters. The average Bonchev–Trinajstić information content (AvgIpc) is 2.81. The first-order valence-corrected chi connectivity index (χ1v) is 11.1. The highest BCUT2D eigenvalue weighted by Gasteiger charge is 2.37. The SMILES string of the molecule is COc1cc(/C=C2\C(=O)NC(=O)N(c3cc(C)ccc3C)C2=O)ccc1Cc1ccccc1Cl. The fourth-order valence-corrected chi connectivity index (χ4v) is 4.05. The van der Waals surface area contributed by atoms with Gasteiger partial charge in [-0.25, -0.2) is 9.69 Å². The van der Waals surface area contributed by atoms with Gasteiger partial charge in [-0.15, -0.1) is 0 Å². The Bertz CT molecular complexity index is 1350. The van der Waals surface area contributed by atoms with Gasteiger partial charge in [-0.1, -0.05) is 54.1 Å². The molecule has 172 valence electrons. The average molecular weight is 475 g/mol. The zero-order valence-electron chi connectivity index (χ0n) is 19.0. The fourth-order valence-electron chi connectivity index (χ4n) is 3.85. The minimum atomic E-state index is -0.770. The number of carbonyl (C=O) groups excluding carboxylic acids is 3. The monoisotopic (exact) mass is 474 g/mol. The first-order valence-electron chi connectivity index (χ1n) is 10.7. The van der Waals surface area contributed by atoms with Gasteiger partial charge < -0.3 is 4.74 Å². The molecule has 1 heterocycles. The van der Waals surface area contributed by atoms with E-state index in [1.165, 1.54) is 6.08 Å². The van der Waals surface area contributed by atoms with Gasteiger partial charge in [0.05, 0.1) is 12.8 Å². The molecule has 34 heavy (non-hydrogen) atoms. The molecule has 4 rings (SSSR count). The summed E-state index contributed by atoms with van der Waals surface area (Å²) in [6.07, 6.45) is 2.03. The first-order chi connectivity index (χ1) is 16.3. The van der Waals surface area contributed by atoms with Crippen molar-refractivity contribution in [2.75, 3.05) is 12.0 Å². The molecule has 1 aliphatic heterocycles. The maximum atomic E-state index is 13.2. The molecule has 0 aromatic heterocycles. The first kappa shape index (κ1) is 23.3. The van der Waals surface area contributed by atoms with Crippen molar-refractivity contribution in [2.24, 2.45) is 0 Å². The number of nitrogens with one attached hydrogen (secondary N) is 1. The van der Waals surface area contributed by atoms with Crippen LogP contribution in [0.3, 0.4) is 0 Å². The molecule has 1 aliphatic rings. The lowest BCUT2D eigenvalue weighted by molar-refractivity contribution is -0.122. The summed E-state index contributed by atoms with van der Waals surface area (Å²) in [7, 11) is 1.56. The lowest BCUT2D eigenvalue weighted by Crippen LogP contribution is -2.54. The van der Waals surface area contributed by atoms with Crippen LogP contribution in [0.5, 0.6) is 5.75 Å². The number of anilines is 1. The highest BCUT2D eigenvalue weighted by Crippen LogP contribution is 2.29. The largest absolute Gasteiger partial charge is 0.496 e. The normalized spacial score (nSPS) is 15.0.